The summed E-state index contributed by atoms with van der Waals surface area (Å²) in [4.78, 5) is 12.0. The molecule has 3 rings (SSSR count). The molecule has 1 heterocycles. The van der Waals surface area contributed by atoms with Gasteiger partial charge in [0, 0.05) is 24.7 Å². The number of morpholine rings is 1. The van der Waals surface area contributed by atoms with E-state index in [1.54, 1.807) is 18.2 Å². The molecule has 1 fully saturated rings. The van der Waals surface area contributed by atoms with Crippen molar-refractivity contribution in [1.29, 1.82) is 0 Å². The van der Waals surface area contributed by atoms with Gasteiger partial charge in [-0.1, -0.05) is 24.3 Å². The van der Waals surface area contributed by atoms with Crippen molar-refractivity contribution in [3.63, 3.8) is 0 Å². The van der Waals surface area contributed by atoms with E-state index in [1.807, 2.05) is 0 Å². The lowest BCUT2D eigenvalue weighted by molar-refractivity contribution is -0.138. The van der Waals surface area contributed by atoms with Crippen LogP contribution < -0.4 is 4.74 Å². The van der Waals surface area contributed by atoms with E-state index in [0.29, 0.717) is 18.8 Å². The number of benzene rings is 2. The second-order valence-electron chi connectivity index (χ2n) is 6.46. The number of carbonyl (C=O) groups is 1. The maximum absolute atomic E-state index is 13.6. The number of esters is 1. The lowest BCUT2D eigenvalue weighted by Gasteiger charge is -2.26. The number of ether oxygens (including phenoxy) is 3. The van der Waals surface area contributed by atoms with Gasteiger partial charge in [-0.15, -0.1) is 0 Å². The molecule has 1 aliphatic rings. The highest BCUT2D eigenvalue weighted by molar-refractivity contribution is 7.89. The summed E-state index contributed by atoms with van der Waals surface area (Å²) in [5.74, 6) is -0.921. The van der Waals surface area contributed by atoms with Crippen molar-refractivity contribution < 1.29 is 31.8 Å². The van der Waals surface area contributed by atoms with E-state index in [1.165, 1.54) is 41.8 Å². The Bertz CT molecular complexity index is 1030. The monoisotopic (exact) mass is 435 g/mol. The van der Waals surface area contributed by atoms with Crippen LogP contribution in [-0.2, 0) is 30.9 Å². The molecule has 0 aliphatic carbocycles. The zero-order valence-electron chi connectivity index (χ0n) is 16.4. The molecule has 0 unspecified atom stereocenters. The topological polar surface area (TPSA) is 82.1 Å². The zero-order chi connectivity index (χ0) is 21.6. The molecule has 2 aromatic carbocycles. The smallest absolute Gasteiger partial charge is 0.331 e. The van der Waals surface area contributed by atoms with Crippen LogP contribution in [0.5, 0.6) is 5.75 Å². The molecule has 0 saturated carbocycles. The molecule has 0 N–H and O–H groups in total. The third-order valence-electron chi connectivity index (χ3n) is 4.52. The van der Waals surface area contributed by atoms with Crippen LogP contribution in [0.3, 0.4) is 0 Å². The minimum Gasteiger partial charge on any atom is -0.495 e. The van der Waals surface area contributed by atoms with Crippen LogP contribution >= 0.6 is 0 Å². The van der Waals surface area contributed by atoms with E-state index in [4.69, 9.17) is 14.2 Å². The number of hydrogen-bond donors (Lipinski definition) is 0. The lowest BCUT2D eigenvalue weighted by atomic mass is 10.2. The Kier molecular flexibility index (Phi) is 7.20. The summed E-state index contributed by atoms with van der Waals surface area (Å²) in [6.45, 7) is 0.973. The minimum atomic E-state index is -3.78. The van der Waals surface area contributed by atoms with Crippen molar-refractivity contribution in [2.45, 2.75) is 11.5 Å². The van der Waals surface area contributed by atoms with Crippen molar-refractivity contribution in [1.82, 2.24) is 4.31 Å². The van der Waals surface area contributed by atoms with Gasteiger partial charge in [-0.3, -0.25) is 0 Å². The van der Waals surface area contributed by atoms with Gasteiger partial charge in [0.1, 0.15) is 23.1 Å². The predicted octanol–water partition coefficient (Wildman–Crippen LogP) is 2.61. The maximum Gasteiger partial charge on any atom is 0.331 e. The Morgan fingerprint density at radius 3 is 2.63 bits per heavy atom. The molecular weight excluding hydrogens is 413 g/mol. The van der Waals surface area contributed by atoms with Crippen LogP contribution in [0, 0.1) is 5.82 Å². The van der Waals surface area contributed by atoms with Gasteiger partial charge in [-0.25, -0.2) is 17.6 Å². The van der Waals surface area contributed by atoms with Crippen LogP contribution in [0.4, 0.5) is 4.39 Å². The van der Waals surface area contributed by atoms with Gasteiger partial charge >= 0.3 is 5.97 Å². The summed E-state index contributed by atoms with van der Waals surface area (Å²) >= 11 is 0. The molecule has 0 atom stereocenters. The Labute approximate surface area is 174 Å². The molecule has 7 nitrogen and oxygen atoms in total. The molecule has 0 spiro atoms. The molecule has 0 bridgehead atoms. The van der Waals surface area contributed by atoms with Gasteiger partial charge in [0.05, 0.1) is 20.3 Å². The number of carbonyl (C=O) groups excluding carboxylic acids is 1. The minimum absolute atomic E-state index is 0.00812. The Morgan fingerprint density at radius 1 is 1.20 bits per heavy atom. The van der Waals surface area contributed by atoms with Crippen LogP contribution in [-0.4, -0.2) is 52.1 Å². The van der Waals surface area contributed by atoms with E-state index in [9.17, 15) is 17.6 Å². The molecule has 160 valence electrons. The Balaban J connectivity index is 1.74. The second-order valence-corrected chi connectivity index (χ2v) is 8.37. The van der Waals surface area contributed by atoms with Gasteiger partial charge in [0.2, 0.25) is 10.0 Å². The summed E-state index contributed by atoms with van der Waals surface area (Å²) in [5.41, 5.74) is 0.744. The number of nitrogens with zero attached hydrogens (tertiary/aromatic N) is 1. The normalized spacial score (nSPS) is 15.3. The van der Waals surface area contributed by atoms with Crippen molar-refractivity contribution in [3.05, 3.63) is 65.5 Å². The largest absolute Gasteiger partial charge is 0.495 e. The van der Waals surface area contributed by atoms with Gasteiger partial charge in [0.15, 0.2) is 0 Å². The van der Waals surface area contributed by atoms with Crippen molar-refractivity contribution >= 4 is 22.1 Å². The second kappa shape index (κ2) is 9.84. The highest BCUT2D eigenvalue weighted by atomic mass is 32.2. The quantitative estimate of drug-likeness (QED) is 0.491. The van der Waals surface area contributed by atoms with Crippen LogP contribution in [0.25, 0.3) is 6.08 Å². The fraction of sp³-hybridized carbons (Fsp3) is 0.286. The standard InChI is InChI=1S/C21H22FNO6S/c1-27-19-8-6-16(14-20(19)30(25,26)23-10-12-28-13-11-23)7-9-21(24)29-15-17-4-2-3-5-18(17)22/h2-9,14H,10-13,15H2,1H3/b9-7+. The van der Waals surface area contributed by atoms with Crippen molar-refractivity contribution in [2.75, 3.05) is 33.4 Å². The van der Waals surface area contributed by atoms with E-state index in [-0.39, 0.29) is 35.9 Å². The highest BCUT2D eigenvalue weighted by Crippen LogP contribution is 2.28. The number of rotatable bonds is 7. The summed E-state index contributed by atoms with van der Waals surface area (Å²) in [6, 6.07) is 10.6. The van der Waals surface area contributed by atoms with Gasteiger partial charge in [-0.05, 0) is 29.8 Å². The molecule has 0 amide bonds. The average molecular weight is 435 g/mol. The number of hydrogen-bond acceptors (Lipinski definition) is 6. The van der Waals surface area contributed by atoms with Crippen LogP contribution in [0.2, 0.25) is 0 Å². The molecule has 30 heavy (non-hydrogen) atoms. The first kappa shape index (κ1) is 21.9. The third kappa shape index (κ3) is 5.24. The Morgan fingerprint density at radius 2 is 1.93 bits per heavy atom. The summed E-state index contributed by atoms with van der Waals surface area (Å²) in [5, 5.41) is 0. The zero-order valence-corrected chi connectivity index (χ0v) is 17.2. The molecule has 9 heteroatoms. The first-order valence-corrected chi connectivity index (χ1v) is 10.7. The molecule has 2 aromatic rings. The van der Waals surface area contributed by atoms with Gasteiger partial charge < -0.3 is 14.2 Å². The van der Waals surface area contributed by atoms with E-state index >= 15 is 0 Å². The number of halogens is 1. The predicted molar refractivity (Wildman–Crippen MR) is 108 cm³/mol. The van der Waals surface area contributed by atoms with E-state index in [0.717, 1.165) is 6.08 Å². The first-order valence-electron chi connectivity index (χ1n) is 9.26. The third-order valence-corrected chi connectivity index (χ3v) is 6.44. The summed E-state index contributed by atoms with van der Waals surface area (Å²) < 4.78 is 56.4. The first-order chi connectivity index (χ1) is 14.4. The highest BCUT2D eigenvalue weighted by Gasteiger charge is 2.29. The van der Waals surface area contributed by atoms with E-state index in [2.05, 4.69) is 0 Å². The Hall–Kier alpha value is -2.75. The van der Waals surface area contributed by atoms with Crippen molar-refractivity contribution in [3.8, 4) is 5.75 Å². The fourth-order valence-electron chi connectivity index (χ4n) is 2.90. The SMILES string of the molecule is COc1ccc(/C=C/C(=O)OCc2ccccc2F)cc1S(=O)(=O)N1CCOCC1. The molecule has 1 aliphatic heterocycles. The molecule has 1 saturated heterocycles. The molecular formula is C21H22FNO6S. The lowest BCUT2D eigenvalue weighted by Crippen LogP contribution is -2.40. The van der Waals surface area contributed by atoms with Gasteiger partial charge in [0.25, 0.3) is 0 Å². The van der Waals surface area contributed by atoms with Crippen LogP contribution in [0.1, 0.15) is 11.1 Å². The fourth-order valence-corrected chi connectivity index (χ4v) is 4.50. The average Bonchev–Trinajstić information content (AvgIpc) is 2.77. The summed E-state index contributed by atoms with van der Waals surface area (Å²) in [6.07, 6.45) is 2.59. The van der Waals surface area contributed by atoms with Crippen LogP contribution in [0.15, 0.2) is 53.4 Å². The number of methoxy groups -OCH3 is 1. The van der Waals surface area contributed by atoms with Crippen molar-refractivity contribution in [2.24, 2.45) is 0 Å². The van der Waals surface area contributed by atoms with Gasteiger partial charge in [-0.2, -0.15) is 4.31 Å². The molecule has 0 radical (unpaired) electrons. The van der Waals surface area contributed by atoms with E-state index < -0.39 is 21.8 Å². The molecule has 0 aromatic heterocycles. The number of sulfonamides is 1. The maximum atomic E-state index is 13.6. The summed E-state index contributed by atoms with van der Waals surface area (Å²) in [7, 11) is -2.39.